The van der Waals surface area contributed by atoms with Gasteiger partial charge in [-0.05, 0) is 38.9 Å². The molecule has 1 saturated heterocycles. The average Bonchev–Trinajstić information content (AvgIpc) is 2.54. The number of halogens is 1. The lowest BCUT2D eigenvalue weighted by molar-refractivity contribution is 0.453. The van der Waals surface area contributed by atoms with Crippen LogP contribution in [-0.2, 0) is 0 Å². The summed E-state index contributed by atoms with van der Waals surface area (Å²) in [5.41, 5.74) is 2.41. The molecule has 4 heteroatoms. The molecule has 1 aliphatic rings. The molecule has 2 rings (SSSR count). The number of aromatic amines is 1. The predicted octanol–water partition coefficient (Wildman–Crippen LogP) is 1.61. The third kappa shape index (κ3) is 2.45. The van der Waals surface area contributed by atoms with Crippen LogP contribution in [0.15, 0.2) is 6.07 Å². The van der Waals surface area contributed by atoms with Crippen molar-refractivity contribution in [1.82, 2.24) is 15.5 Å². The quantitative estimate of drug-likeness (QED) is 0.725. The number of rotatable bonds is 1. The van der Waals surface area contributed by atoms with E-state index < -0.39 is 0 Å². The molecule has 0 saturated carbocycles. The summed E-state index contributed by atoms with van der Waals surface area (Å²) in [6.45, 7) is 4.31. The van der Waals surface area contributed by atoms with Gasteiger partial charge < -0.3 is 5.32 Å². The van der Waals surface area contributed by atoms with Crippen LogP contribution in [0.1, 0.15) is 30.1 Å². The Kier molecular flexibility index (Phi) is 3.75. The number of hydrogen-bond donors (Lipinski definition) is 2. The lowest BCUT2D eigenvalue weighted by Crippen LogP contribution is -2.26. The third-order valence-corrected chi connectivity index (χ3v) is 2.50. The first-order valence-corrected chi connectivity index (χ1v) is 4.59. The smallest absolute Gasteiger partial charge is 0.0594 e. The van der Waals surface area contributed by atoms with Crippen LogP contribution in [-0.4, -0.2) is 23.3 Å². The first-order valence-electron chi connectivity index (χ1n) is 4.59. The fourth-order valence-electron chi connectivity index (χ4n) is 1.78. The van der Waals surface area contributed by atoms with Crippen molar-refractivity contribution in [2.24, 2.45) is 0 Å². The number of piperidine rings is 1. The fraction of sp³-hybridized carbons (Fsp3) is 0.667. The maximum atomic E-state index is 4.15. The van der Waals surface area contributed by atoms with Crippen molar-refractivity contribution in [3.63, 3.8) is 0 Å². The molecule has 0 unspecified atom stereocenters. The molecule has 0 radical (unpaired) electrons. The van der Waals surface area contributed by atoms with Crippen LogP contribution >= 0.6 is 12.4 Å². The molecule has 2 N–H and O–H groups in total. The van der Waals surface area contributed by atoms with Crippen LogP contribution in [0.3, 0.4) is 0 Å². The first kappa shape index (κ1) is 10.5. The zero-order chi connectivity index (χ0) is 8.39. The lowest BCUT2D eigenvalue weighted by atomic mass is 9.95. The summed E-state index contributed by atoms with van der Waals surface area (Å²) in [5, 5.41) is 10.6. The number of aromatic nitrogens is 2. The van der Waals surface area contributed by atoms with Crippen molar-refractivity contribution in [3.05, 3.63) is 17.5 Å². The Morgan fingerprint density at radius 1 is 1.38 bits per heavy atom. The van der Waals surface area contributed by atoms with E-state index in [-0.39, 0.29) is 12.4 Å². The van der Waals surface area contributed by atoms with E-state index in [4.69, 9.17) is 0 Å². The highest BCUT2D eigenvalue weighted by Gasteiger charge is 2.16. The van der Waals surface area contributed by atoms with Gasteiger partial charge in [-0.1, -0.05) is 0 Å². The highest BCUT2D eigenvalue weighted by atomic mass is 35.5. The number of nitrogens with one attached hydrogen (secondary N) is 2. The van der Waals surface area contributed by atoms with E-state index in [9.17, 15) is 0 Å². The van der Waals surface area contributed by atoms with E-state index in [2.05, 4.69) is 21.6 Å². The van der Waals surface area contributed by atoms with Crippen molar-refractivity contribution < 1.29 is 0 Å². The number of nitrogens with zero attached hydrogens (tertiary/aromatic N) is 1. The molecule has 0 aliphatic carbocycles. The summed E-state index contributed by atoms with van der Waals surface area (Å²) in [4.78, 5) is 0. The monoisotopic (exact) mass is 201 g/mol. The predicted molar refractivity (Wildman–Crippen MR) is 55.4 cm³/mol. The van der Waals surface area contributed by atoms with Crippen molar-refractivity contribution in [1.29, 1.82) is 0 Å². The maximum Gasteiger partial charge on any atom is 0.0594 e. The zero-order valence-electron chi connectivity index (χ0n) is 7.84. The van der Waals surface area contributed by atoms with Crippen LogP contribution in [0.25, 0.3) is 0 Å². The Balaban J connectivity index is 0.000000845. The Morgan fingerprint density at radius 2 is 2.08 bits per heavy atom. The molecule has 0 atom stereocenters. The largest absolute Gasteiger partial charge is 0.317 e. The third-order valence-electron chi connectivity index (χ3n) is 2.50. The van der Waals surface area contributed by atoms with Gasteiger partial charge in [0.2, 0.25) is 0 Å². The van der Waals surface area contributed by atoms with Crippen LogP contribution in [0, 0.1) is 6.92 Å². The number of aryl methyl sites for hydroxylation is 1. The normalized spacial score (nSPS) is 18.2. The van der Waals surface area contributed by atoms with Crippen LogP contribution in [0.5, 0.6) is 0 Å². The molecule has 2 heterocycles. The minimum Gasteiger partial charge on any atom is -0.317 e. The molecule has 0 spiro atoms. The van der Waals surface area contributed by atoms with E-state index in [1.165, 1.54) is 18.5 Å². The molecule has 13 heavy (non-hydrogen) atoms. The molecule has 74 valence electrons. The highest BCUT2D eigenvalue weighted by Crippen LogP contribution is 2.23. The van der Waals surface area contributed by atoms with Gasteiger partial charge >= 0.3 is 0 Å². The second-order valence-corrected chi connectivity index (χ2v) is 3.49. The minimum atomic E-state index is 0. The van der Waals surface area contributed by atoms with Gasteiger partial charge in [0.05, 0.1) is 5.69 Å². The molecule has 1 aliphatic heterocycles. The maximum absolute atomic E-state index is 4.15. The Labute approximate surface area is 84.7 Å². The van der Waals surface area contributed by atoms with E-state index in [1.807, 2.05) is 6.92 Å². The average molecular weight is 202 g/mol. The van der Waals surface area contributed by atoms with Gasteiger partial charge in [-0.15, -0.1) is 12.4 Å². The fourth-order valence-corrected chi connectivity index (χ4v) is 1.78. The van der Waals surface area contributed by atoms with Crippen molar-refractivity contribution >= 4 is 12.4 Å². The van der Waals surface area contributed by atoms with Crippen LogP contribution in [0.2, 0.25) is 0 Å². The van der Waals surface area contributed by atoms with Gasteiger partial charge in [-0.3, -0.25) is 5.10 Å². The summed E-state index contributed by atoms with van der Waals surface area (Å²) in [6.07, 6.45) is 2.48. The minimum absolute atomic E-state index is 0. The van der Waals surface area contributed by atoms with Gasteiger partial charge in [-0.2, -0.15) is 5.10 Å². The SMILES string of the molecule is Cc1cc(C2CCNCC2)[nH]n1.Cl. The van der Waals surface area contributed by atoms with Crippen molar-refractivity contribution in [2.45, 2.75) is 25.7 Å². The van der Waals surface area contributed by atoms with E-state index >= 15 is 0 Å². The lowest BCUT2D eigenvalue weighted by Gasteiger charge is -2.20. The molecule has 1 fully saturated rings. The molecule has 1 aromatic rings. The van der Waals surface area contributed by atoms with Crippen molar-refractivity contribution in [2.75, 3.05) is 13.1 Å². The van der Waals surface area contributed by atoms with Crippen LogP contribution in [0.4, 0.5) is 0 Å². The molecule has 0 bridgehead atoms. The summed E-state index contributed by atoms with van der Waals surface area (Å²) < 4.78 is 0. The molecule has 3 nitrogen and oxygen atoms in total. The number of hydrogen-bond acceptors (Lipinski definition) is 2. The van der Waals surface area contributed by atoms with E-state index in [0.29, 0.717) is 5.92 Å². The Hall–Kier alpha value is -0.540. The van der Waals surface area contributed by atoms with Crippen molar-refractivity contribution in [3.8, 4) is 0 Å². The molecule has 1 aromatic heterocycles. The van der Waals surface area contributed by atoms with Gasteiger partial charge in [0.15, 0.2) is 0 Å². The van der Waals surface area contributed by atoms with Gasteiger partial charge in [0.25, 0.3) is 0 Å². The highest BCUT2D eigenvalue weighted by molar-refractivity contribution is 5.85. The van der Waals surface area contributed by atoms with Crippen LogP contribution < -0.4 is 5.32 Å². The summed E-state index contributed by atoms with van der Waals surface area (Å²) in [6, 6.07) is 2.16. The standard InChI is InChI=1S/C9H15N3.ClH/c1-7-6-9(12-11-7)8-2-4-10-5-3-8;/h6,8,10H,2-5H2,1H3,(H,11,12);1H. The van der Waals surface area contributed by atoms with E-state index in [1.54, 1.807) is 0 Å². The Bertz CT molecular complexity index is 253. The number of H-pyrrole nitrogens is 1. The molecule has 0 amide bonds. The second kappa shape index (κ2) is 4.63. The van der Waals surface area contributed by atoms with E-state index in [0.717, 1.165) is 18.8 Å². The van der Waals surface area contributed by atoms with Gasteiger partial charge in [0.1, 0.15) is 0 Å². The topological polar surface area (TPSA) is 40.7 Å². The summed E-state index contributed by atoms with van der Waals surface area (Å²) in [7, 11) is 0. The molecule has 0 aromatic carbocycles. The molecular weight excluding hydrogens is 186 g/mol. The summed E-state index contributed by atoms with van der Waals surface area (Å²) >= 11 is 0. The Morgan fingerprint density at radius 3 is 2.62 bits per heavy atom. The van der Waals surface area contributed by atoms with Gasteiger partial charge in [-0.25, -0.2) is 0 Å². The first-order chi connectivity index (χ1) is 5.86. The zero-order valence-corrected chi connectivity index (χ0v) is 8.66. The summed E-state index contributed by atoms with van der Waals surface area (Å²) in [5.74, 6) is 0.701. The second-order valence-electron chi connectivity index (χ2n) is 3.49. The molecular formula is C9H16ClN3. The van der Waals surface area contributed by atoms with Gasteiger partial charge in [0, 0.05) is 11.6 Å².